The molecule has 1 aliphatic carbocycles. The van der Waals surface area contributed by atoms with E-state index in [0.29, 0.717) is 29.7 Å². The van der Waals surface area contributed by atoms with E-state index in [1.54, 1.807) is 5.57 Å². The summed E-state index contributed by atoms with van der Waals surface area (Å²) in [4.78, 5) is 0. The van der Waals surface area contributed by atoms with Crippen molar-refractivity contribution in [2.24, 2.45) is 17.8 Å². The third-order valence-corrected chi connectivity index (χ3v) is 4.68. The van der Waals surface area contributed by atoms with E-state index >= 15 is 0 Å². The SMILES string of the molecule is [B]C1CCCCCC2C(C(C)C)=C(C(C)C)OC2C1. The number of hydrogen-bond acceptors (Lipinski definition) is 1. The highest BCUT2D eigenvalue weighted by Gasteiger charge is 2.38. The zero-order valence-electron chi connectivity index (χ0n) is 13.1. The van der Waals surface area contributed by atoms with Gasteiger partial charge < -0.3 is 4.74 Å². The second kappa shape index (κ2) is 6.37. The molecule has 1 nitrogen and oxygen atoms in total. The van der Waals surface area contributed by atoms with Crippen LogP contribution in [0, 0.1) is 17.8 Å². The second-order valence-corrected chi connectivity index (χ2v) is 7.03. The Bertz CT molecular complexity index is 332. The first-order valence-electron chi connectivity index (χ1n) is 8.16. The van der Waals surface area contributed by atoms with Crippen molar-refractivity contribution in [3.8, 4) is 0 Å². The molecular weight excluding hydrogens is 231 g/mol. The third kappa shape index (κ3) is 3.38. The standard InChI is InChI=1S/C17H29BO/c1-11(2)16-14-9-7-5-6-8-13(18)10-15(14)19-17(16)12(3)4/h11-15H,5-10H2,1-4H3. The van der Waals surface area contributed by atoms with Gasteiger partial charge >= 0.3 is 0 Å². The van der Waals surface area contributed by atoms with Gasteiger partial charge in [-0.3, -0.25) is 0 Å². The van der Waals surface area contributed by atoms with Crippen LogP contribution in [0.15, 0.2) is 11.3 Å². The molecule has 106 valence electrons. The molecule has 1 aliphatic heterocycles. The van der Waals surface area contributed by atoms with Gasteiger partial charge in [0.15, 0.2) is 0 Å². The van der Waals surface area contributed by atoms with Gasteiger partial charge in [-0.2, -0.15) is 0 Å². The van der Waals surface area contributed by atoms with Crippen molar-refractivity contribution in [2.45, 2.75) is 78.1 Å². The van der Waals surface area contributed by atoms with Crippen LogP contribution in [0.1, 0.15) is 66.2 Å². The molecule has 2 radical (unpaired) electrons. The quantitative estimate of drug-likeness (QED) is 0.643. The van der Waals surface area contributed by atoms with Gasteiger partial charge in [0, 0.05) is 11.8 Å². The van der Waals surface area contributed by atoms with Crippen LogP contribution >= 0.6 is 0 Å². The summed E-state index contributed by atoms with van der Waals surface area (Å²) in [6.45, 7) is 9.14. The first-order chi connectivity index (χ1) is 9.00. The fraction of sp³-hybridized carbons (Fsp3) is 0.882. The summed E-state index contributed by atoms with van der Waals surface area (Å²) in [7, 11) is 6.27. The van der Waals surface area contributed by atoms with E-state index in [1.165, 1.54) is 37.9 Å². The van der Waals surface area contributed by atoms with Crippen molar-refractivity contribution in [3.63, 3.8) is 0 Å². The average molecular weight is 260 g/mol. The van der Waals surface area contributed by atoms with Crippen LogP contribution < -0.4 is 0 Å². The first-order valence-corrected chi connectivity index (χ1v) is 8.16. The summed E-state index contributed by atoms with van der Waals surface area (Å²) < 4.78 is 6.36. The summed E-state index contributed by atoms with van der Waals surface area (Å²) in [6.07, 6.45) is 7.80. The van der Waals surface area contributed by atoms with Crippen molar-refractivity contribution < 1.29 is 4.74 Å². The van der Waals surface area contributed by atoms with Gasteiger partial charge in [0.1, 0.15) is 6.10 Å². The molecule has 0 spiro atoms. The normalized spacial score (nSPS) is 32.8. The Balaban J connectivity index is 2.23. The molecule has 2 aliphatic rings. The van der Waals surface area contributed by atoms with Crippen LogP contribution in [0.4, 0.5) is 0 Å². The molecule has 0 aromatic heterocycles. The maximum Gasteiger partial charge on any atom is 0.104 e. The Labute approximate surface area is 120 Å². The third-order valence-electron chi connectivity index (χ3n) is 4.68. The number of ether oxygens (including phenoxy) is 1. The zero-order chi connectivity index (χ0) is 14.0. The summed E-state index contributed by atoms with van der Waals surface area (Å²) >= 11 is 0. The molecule has 0 aromatic rings. The highest BCUT2D eigenvalue weighted by molar-refractivity contribution is 6.11. The van der Waals surface area contributed by atoms with E-state index in [2.05, 4.69) is 27.7 Å². The molecule has 1 heterocycles. The van der Waals surface area contributed by atoms with Gasteiger partial charge in [-0.15, -0.1) is 0 Å². The molecule has 19 heavy (non-hydrogen) atoms. The van der Waals surface area contributed by atoms with Crippen molar-refractivity contribution in [3.05, 3.63) is 11.3 Å². The Morgan fingerprint density at radius 3 is 2.32 bits per heavy atom. The fourth-order valence-corrected chi connectivity index (χ4v) is 3.80. The molecule has 1 saturated carbocycles. The van der Waals surface area contributed by atoms with Crippen LogP contribution in [0.2, 0.25) is 5.82 Å². The predicted molar refractivity (Wildman–Crippen MR) is 82.3 cm³/mol. The van der Waals surface area contributed by atoms with Crippen LogP contribution in [0.3, 0.4) is 0 Å². The molecule has 3 unspecified atom stereocenters. The van der Waals surface area contributed by atoms with E-state index in [-0.39, 0.29) is 0 Å². The van der Waals surface area contributed by atoms with Crippen LogP contribution in [-0.2, 0) is 4.74 Å². The minimum Gasteiger partial charge on any atom is -0.494 e. The lowest BCUT2D eigenvalue weighted by Crippen LogP contribution is -2.21. The monoisotopic (exact) mass is 260 g/mol. The summed E-state index contributed by atoms with van der Waals surface area (Å²) in [5.74, 6) is 3.33. The average Bonchev–Trinajstić information content (AvgIpc) is 2.69. The molecule has 2 heteroatoms. The molecule has 2 rings (SSSR count). The van der Waals surface area contributed by atoms with Crippen LogP contribution in [-0.4, -0.2) is 14.0 Å². The van der Waals surface area contributed by atoms with Gasteiger partial charge in [0.05, 0.1) is 13.6 Å². The second-order valence-electron chi connectivity index (χ2n) is 7.03. The van der Waals surface area contributed by atoms with Gasteiger partial charge in [-0.05, 0) is 24.3 Å². The van der Waals surface area contributed by atoms with E-state index < -0.39 is 0 Å². The van der Waals surface area contributed by atoms with Gasteiger partial charge in [-0.1, -0.05) is 59.2 Å². The van der Waals surface area contributed by atoms with Gasteiger partial charge in [-0.25, -0.2) is 0 Å². The van der Waals surface area contributed by atoms with Crippen molar-refractivity contribution in [1.29, 1.82) is 0 Å². The van der Waals surface area contributed by atoms with Gasteiger partial charge in [0.2, 0.25) is 0 Å². The van der Waals surface area contributed by atoms with E-state index in [1.807, 2.05) is 0 Å². The maximum atomic E-state index is 6.36. The largest absolute Gasteiger partial charge is 0.494 e. The Kier molecular flexibility index (Phi) is 5.03. The molecule has 0 bridgehead atoms. The lowest BCUT2D eigenvalue weighted by atomic mass is 9.75. The lowest BCUT2D eigenvalue weighted by Gasteiger charge is -2.24. The number of rotatable bonds is 2. The minimum absolute atomic E-state index is 0.325. The predicted octanol–water partition coefficient (Wildman–Crippen LogP) is 4.88. The van der Waals surface area contributed by atoms with E-state index in [9.17, 15) is 0 Å². The smallest absolute Gasteiger partial charge is 0.104 e. The summed E-state index contributed by atoms with van der Waals surface area (Å²) in [5, 5.41) is 0. The molecule has 3 atom stereocenters. The van der Waals surface area contributed by atoms with Crippen molar-refractivity contribution in [1.82, 2.24) is 0 Å². The molecule has 0 amide bonds. The molecule has 1 fully saturated rings. The Morgan fingerprint density at radius 1 is 1.00 bits per heavy atom. The van der Waals surface area contributed by atoms with Crippen LogP contribution in [0.25, 0.3) is 0 Å². The topological polar surface area (TPSA) is 9.23 Å². The van der Waals surface area contributed by atoms with E-state index in [4.69, 9.17) is 12.6 Å². The Hall–Kier alpha value is -0.395. The highest BCUT2D eigenvalue weighted by Crippen LogP contribution is 2.45. The molecule has 0 N–H and O–H groups in total. The zero-order valence-corrected chi connectivity index (χ0v) is 13.1. The Morgan fingerprint density at radius 2 is 1.68 bits per heavy atom. The van der Waals surface area contributed by atoms with Gasteiger partial charge in [0.25, 0.3) is 0 Å². The number of hydrogen-bond donors (Lipinski definition) is 0. The minimum atomic E-state index is 0.325. The summed E-state index contributed by atoms with van der Waals surface area (Å²) in [6, 6.07) is 0. The highest BCUT2D eigenvalue weighted by atomic mass is 16.5. The lowest BCUT2D eigenvalue weighted by molar-refractivity contribution is 0.0861. The van der Waals surface area contributed by atoms with Crippen LogP contribution in [0.5, 0.6) is 0 Å². The first kappa shape index (κ1) is 15.0. The molecular formula is C17H29BO. The summed E-state index contributed by atoms with van der Waals surface area (Å²) in [5.41, 5.74) is 1.59. The van der Waals surface area contributed by atoms with E-state index in [0.717, 1.165) is 6.42 Å². The number of fused-ring (bicyclic) bond motifs is 1. The molecule has 0 aromatic carbocycles. The molecule has 0 saturated heterocycles. The fourth-order valence-electron chi connectivity index (χ4n) is 3.80. The van der Waals surface area contributed by atoms with Crippen molar-refractivity contribution in [2.75, 3.05) is 0 Å². The van der Waals surface area contributed by atoms with Crippen molar-refractivity contribution >= 4 is 7.85 Å². The number of allylic oxidation sites excluding steroid dienone is 1. The maximum absolute atomic E-state index is 6.36.